The zero-order valence-corrected chi connectivity index (χ0v) is 14.1. The van der Waals surface area contributed by atoms with E-state index in [4.69, 9.17) is 0 Å². The van der Waals surface area contributed by atoms with E-state index in [1.807, 2.05) is 34.6 Å². The van der Waals surface area contributed by atoms with Crippen LogP contribution in [0.5, 0.6) is 0 Å². The predicted molar refractivity (Wildman–Crippen MR) is 84.2 cm³/mol. The van der Waals surface area contributed by atoms with Gasteiger partial charge in [0.05, 0.1) is 23.7 Å². The third-order valence-corrected chi connectivity index (χ3v) is 3.49. The van der Waals surface area contributed by atoms with Crippen LogP contribution in [0.25, 0.3) is 0 Å². The van der Waals surface area contributed by atoms with E-state index in [-0.39, 0.29) is 5.41 Å². The molecule has 23 heavy (non-hydrogen) atoms. The van der Waals surface area contributed by atoms with Gasteiger partial charge in [0.25, 0.3) is 0 Å². The highest BCUT2D eigenvalue weighted by atomic mass is 19.1. The second-order valence-corrected chi connectivity index (χ2v) is 7.20. The van der Waals surface area contributed by atoms with Gasteiger partial charge >= 0.3 is 0 Å². The van der Waals surface area contributed by atoms with E-state index in [1.165, 1.54) is 0 Å². The van der Waals surface area contributed by atoms with E-state index in [9.17, 15) is 9.65 Å². The molecule has 0 amide bonds. The molecule has 0 saturated carbocycles. The predicted octanol–water partition coefficient (Wildman–Crippen LogP) is 3.10. The van der Waals surface area contributed by atoms with Crippen LogP contribution >= 0.6 is 0 Å². The normalized spacial score (nSPS) is 12.0. The first-order valence-electron chi connectivity index (χ1n) is 7.38. The molecule has 120 valence electrons. The maximum Gasteiger partial charge on any atom is 0.159 e. The highest BCUT2D eigenvalue weighted by Crippen LogP contribution is 2.26. The van der Waals surface area contributed by atoms with Crippen LogP contribution in [0, 0.1) is 17.1 Å². The quantitative estimate of drug-likeness (QED) is 0.870. The van der Waals surface area contributed by atoms with Crippen LogP contribution in [0.2, 0.25) is 0 Å². The molecule has 0 unspecified atom stereocenters. The van der Waals surface area contributed by atoms with Gasteiger partial charge in [-0.2, -0.15) is 5.26 Å². The summed E-state index contributed by atoms with van der Waals surface area (Å²) in [5.41, 5.74) is 0.403. The van der Waals surface area contributed by atoms with Crippen molar-refractivity contribution in [3.05, 3.63) is 47.3 Å². The monoisotopic (exact) mass is 313 g/mol. The molecule has 0 fully saturated rings. The third kappa shape index (κ3) is 3.86. The fourth-order valence-electron chi connectivity index (χ4n) is 2.17. The summed E-state index contributed by atoms with van der Waals surface area (Å²) in [6, 6.07) is 2.13. The summed E-state index contributed by atoms with van der Waals surface area (Å²) in [6.07, 6.45) is 4.32. The minimum atomic E-state index is -0.483. The Labute approximate surface area is 135 Å². The lowest BCUT2D eigenvalue weighted by molar-refractivity contribution is 0.467. The standard InChI is InChI=1S/C17H20FN5/c1-16(2,3)14-20-8-11(7-19)13(23-14)6-17(4,5)15-21-9-12(18)10-22-15/h8-10H,6H2,1-5H3. The highest BCUT2D eigenvalue weighted by molar-refractivity contribution is 5.33. The molecular formula is C17H20FN5. The summed E-state index contributed by atoms with van der Waals surface area (Å²) in [7, 11) is 0. The molecule has 6 heteroatoms. The average molecular weight is 313 g/mol. The number of aromatic nitrogens is 4. The second-order valence-electron chi connectivity index (χ2n) is 7.20. The summed E-state index contributed by atoms with van der Waals surface area (Å²) in [4.78, 5) is 17.0. The first-order valence-corrected chi connectivity index (χ1v) is 7.38. The summed E-state index contributed by atoms with van der Waals surface area (Å²) in [6.45, 7) is 9.95. The zero-order chi connectivity index (χ0) is 17.3. The van der Waals surface area contributed by atoms with E-state index in [0.29, 0.717) is 29.3 Å². The van der Waals surface area contributed by atoms with Crippen LogP contribution in [0.4, 0.5) is 4.39 Å². The minimum absolute atomic E-state index is 0.209. The number of hydrogen-bond acceptors (Lipinski definition) is 5. The van der Waals surface area contributed by atoms with Crippen molar-refractivity contribution in [2.24, 2.45) is 0 Å². The maximum absolute atomic E-state index is 13.0. The third-order valence-electron chi connectivity index (χ3n) is 3.49. The Bertz CT molecular complexity index is 739. The second kappa shape index (κ2) is 5.99. The van der Waals surface area contributed by atoms with Gasteiger partial charge in [0.15, 0.2) is 5.82 Å². The molecule has 2 rings (SSSR count). The molecule has 2 heterocycles. The molecule has 0 N–H and O–H groups in total. The van der Waals surface area contributed by atoms with Crippen LogP contribution in [0.1, 0.15) is 57.5 Å². The Morgan fingerprint density at radius 1 is 1.00 bits per heavy atom. The largest absolute Gasteiger partial charge is 0.239 e. The first kappa shape index (κ1) is 16.9. The van der Waals surface area contributed by atoms with Crippen molar-refractivity contribution in [2.75, 3.05) is 0 Å². The molecule has 5 nitrogen and oxygen atoms in total. The smallest absolute Gasteiger partial charge is 0.159 e. The van der Waals surface area contributed by atoms with Crippen molar-refractivity contribution in [3.63, 3.8) is 0 Å². The van der Waals surface area contributed by atoms with E-state index < -0.39 is 11.2 Å². The van der Waals surface area contributed by atoms with Crippen LogP contribution in [0.3, 0.4) is 0 Å². The average Bonchev–Trinajstić information content (AvgIpc) is 2.46. The van der Waals surface area contributed by atoms with Gasteiger partial charge in [-0.15, -0.1) is 0 Å². The van der Waals surface area contributed by atoms with Gasteiger partial charge in [-0.05, 0) is 0 Å². The van der Waals surface area contributed by atoms with E-state index >= 15 is 0 Å². The molecule has 0 atom stereocenters. The van der Waals surface area contributed by atoms with Crippen molar-refractivity contribution in [2.45, 2.75) is 51.9 Å². The van der Waals surface area contributed by atoms with Gasteiger partial charge in [0, 0.05) is 23.4 Å². The van der Waals surface area contributed by atoms with Gasteiger partial charge in [-0.25, -0.2) is 24.3 Å². The maximum atomic E-state index is 13.0. The molecule has 0 spiro atoms. The molecule has 0 bridgehead atoms. The van der Waals surface area contributed by atoms with Gasteiger partial charge in [0.1, 0.15) is 17.7 Å². The van der Waals surface area contributed by atoms with Crippen LogP contribution in [0.15, 0.2) is 18.6 Å². The van der Waals surface area contributed by atoms with Crippen molar-refractivity contribution in [1.82, 2.24) is 19.9 Å². The zero-order valence-electron chi connectivity index (χ0n) is 14.1. The molecule has 0 aliphatic rings. The first-order chi connectivity index (χ1) is 10.6. The Hall–Kier alpha value is -2.42. The number of halogens is 1. The molecule has 0 aromatic carbocycles. The Morgan fingerprint density at radius 2 is 1.57 bits per heavy atom. The molecule has 0 aliphatic heterocycles. The fourth-order valence-corrected chi connectivity index (χ4v) is 2.17. The lowest BCUT2D eigenvalue weighted by Gasteiger charge is -2.24. The van der Waals surface area contributed by atoms with Crippen LogP contribution < -0.4 is 0 Å². The lowest BCUT2D eigenvalue weighted by atomic mass is 9.85. The van der Waals surface area contributed by atoms with Gasteiger partial charge in [-0.3, -0.25) is 0 Å². The number of hydrogen-bond donors (Lipinski definition) is 0. The van der Waals surface area contributed by atoms with E-state index in [2.05, 4.69) is 26.0 Å². The SMILES string of the molecule is CC(C)(C)c1ncc(C#N)c(CC(C)(C)c2ncc(F)cn2)n1. The number of rotatable bonds is 3. The summed E-state index contributed by atoms with van der Waals surface area (Å²) in [5, 5.41) is 9.31. The minimum Gasteiger partial charge on any atom is -0.239 e. The Morgan fingerprint density at radius 3 is 2.09 bits per heavy atom. The van der Waals surface area contributed by atoms with Gasteiger partial charge < -0.3 is 0 Å². The van der Waals surface area contributed by atoms with Gasteiger partial charge in [0.2, 0.25) is 0 Å². The van der Waals surface area contributed by atoms with Crippen LogP contribution in [-0.2, 0) is 17.3 Å². The Kier molecular flexibility index (Phi) is 4.42. The molecular weight excluding hydrogens is 293 g/mol. The summed E-state index contributed by atoms with van der Waals surface area (Å²) >= 11 is 0. The topological polar surface area (TPSA) is 75.3 Å². The summed E-state index contributed by atoms with van der Waals surface area (Å²) in [5.74, 6) is 0.723. The van der Waals surface area contributed by atoms with E-state index in [1.54, 1.807) is 6.20 Å². The highest BCUT2D eigenvalue weighted by Gasteiger charge is 2.28. The van der Waals surface area contributed by atoms with Crippen LogP contribution in [-0.4, -0.2) is 19.9 Å². The molecule has 2 aromatic heterocycles. The number of nitrogens with zero attached hydrogens (tertiary/aromatic N) is 5. The molecule has 2 aromatic rings. The lowest BCUT2D eigenvalue weighted by Crippen LogP contribution is -2.26. The van der Waals surface area contributed by atoms with Gasteiger partial charge in [-0.1, -0.05) is 34.6 Å². The fraction of sp³-hybridized carbons (Fsp3) is 0.471. The number of nitriles is 1. The Balaban J connectivity index is 2.41. The molecule has 0 radical (unpaired) electrons. The van der Waals surface area contributed by atoms with Crippen molar-refractivity contribution in [3.8, 4) is 6.07 Å². The van der Waals surface area contributed by atoms with Crippen molar-refractivity contribution >= 4 is 0 Å². The molecule has 0 aliphatic carbocycles. The van der Waals surface area contributed by atoms with Crippen molar-refractivity contribution < 1.29 is 4.39 Å². The summed E-state index contributed by atoms with van der Waals surface area (Å²) < 4.78 is 13.0. The van der Waals surface area contributed by atoms with E-state index in [0.717, 1.165) is 12.4 Å². The molecule has 0 saturated heterocycles. The van der Waals surface area contributed by atoms with Crippen molar-refractivity contribution in [1.29, 1.82) is 5.26 Å².